The molecule has 4 N–H and O–H groups in total. The molecule has 10 nitrogen and oxygen atoms in total. The zero-order valence-electron chi connectivity index (χ0n) is 28.5. The molecule has 0 aromatic carbocycles. The van der Waals surface area contributed by atoms with Crippen molar-refractivity contribution in [2.45, 2.75) is 105 Å². The molecule has 0 aliphatic carbocycles. The fourth-order valence-corrected chi connectivity index (χ4v) is 5.77. The number of likely N-dealkylation sites (tertiary alicyclic amines) is 1. The van der Waals surface area contributed by atoms with Crippen LogP contribution < -0.4 is 20.5 Å². The number of methoxy groups -OCH3 is 2. The highest BCUT2D eigenvalue weighted by Crippen LogP contribution is 2.31. The molecule has 0 bridgehead atoms. The minimum atomic E-state index is -0.908. The van der Waals surface area contributed by atoms with Crippen molar-refractivity contribution >= 4 is 11.8 Å². The van der Waals surface area contributed by atoms with Crippen LogP contribution in [0.25, 0.3) is 0 Å². The molecule has 0 spiro atoms. The highest BCUT2D eigenvalue weighted by molar-refractivity contribution is 5.82. The predicted molar refractivity (Wildman–Crippen MR) is 174 cm³/mol. The smallest absolute Gasteiger partial charge is 0.256 e. The third kappa shape index (κ3) is 11.8. The summed E-state index contributed by atoms with van der Waals surface area (Å²) >= 11 is 0. The molecule has 252 valence electrons. The van der Waals surface area contributed by atoms with Gasteiger partial charge in [-0.25, -0.2) is 4.98 Å². The number of nitrogens with two attached hydrogens (primary N) is 1. The van der Waals surface area contributed by atoms with Gasteiger partial charge in [-0.15, -0.1) is 0 Å². The zero-order valence-corrected chi connectivity index (χ0v) is 28.5. The molecule has 44 heavy (non-hydrogen) atoms. The second-order valence-corrected chi connectivity index (χ2v) is 13.4. The van der Waals surface area contributed by atoms with E-state index in [0.29, 0.717) is 37.7 Å². The summed E-state index contributed by atoms with van der Waals surface area (Å²) in [7, 11) is 3.23. The number of aromatic nitrogens is 1. The molecule has 1 saturated heterocycles. The Kier molecular flexibility index (Phi) is 16.4. The van der Waals surface area contributed by atoms with Crippen molar-refractivity contribution in [1.82, 2.24) is 15.2 Å². The van der Waals surface area contributed by atoms with Crippen molar-refractivity contribution in [1.29, 1.82) is 0 Å². The Morgan fingerprint density at radius 2 is 1.68 bits per heavy atom. The first-order valence-electron chi connectivity index (χ1n) is 16.6. The lowest BCUT2D eigenvalue weighted by molar-refractivity contribution is -0.139. The van der Waals surface area contributed by atoms with Crippen molar-refractivity contribution in [3.05, 3.63) is 17.8 Å². The third-order valence-corrected chi connectivity index (χ3v) is 8.91. The van der Waals surface area contributed by atoms with Crippen molar-refractivity contribution < 1.29 is 28.9 Å². The van der Waals surface area contributed by atoms with E-state index >= 15 is 0 Å². The number of piperidine rings is 1. The van der Waals surface area contributed by atoms with Gasteiger partial charge < -0.3 is 35.3 Å². The second-order valence-electron chi connectivity index (χ2n) is 13.4. The van der Waals surface area contributed by atoms with E-state index in [0.717, 1.165) is 44.3 Å². The van der Waals surface area contributed by atoms with Crippen molar-refractivity contribution in [3.8, 4) is 11.6 Å². The SMILES string of the molecule is COCCCOc1cc(C[C@@H](C[C@H](NC(=O)[C@@H](N)C(C)C)[C@@H](O)C[C@H](C(=O)N2CCCCC2)C(C)C)C(C)C)cnc1OC. The average molecular weight is 621 g/mol. The summed E-state index contributed by atoms with van der Waals surface area (Å²) in [6, 6.07) is 0.700. The van der Waals surface area contributed by atoms with E-state index in [2.05, 4.69) is 24.1 Å². The van der Waals surface area contributed by atoms with E-state index in [1.807, 2.05) is 38.7 Å². The number of nitrogens with zero attached hydrogens (tertiary/aromatic N) is 2. The van der Waals surface area contributed by atoms with Crippen LogP contribution in [0.5, 0.6) is 11.6 Å². The number of amides is 2. The molecule has 2 amide bonds. The number of pyridine rings is 1. The first kappa shape index (κ1) is 37.8. The lowest BCUT2D eigenvalue weighted by Gasteiger charge is -2.36. The van der Waals surface area contributed by atoms with Crippen molar-refractivity contribution in [3.63, 3.8) is 0 Å². The molecule has 2 heterocycles. The second kappa shape index (κ2) is 19.2. The number of rotatable bonds is 19. The van der Waals surface area contributed by atoms with Gasteiger partial charge in [0, 0.05) is 45.3 Å². The number of aliphatic hydroxyl groups is 1. The van der Waals surface area contributed by atoms with E-state index in [4.69, 9.17) is 19.9 Å². The molecular formula is C34H60N4O6. The Labute approximate surface area is 265 Å². The maximum atomic E-state index is 13.6. The summed E-state index contributed by atoms with van der Waals surface area (Å²) in [5, 5.41) is 14.8. The zero-order chi connectivity index (χ0) is 32.8. The van der Waals surface area contributed by atoms with Crippen LogP contribution >= 0.6 is 0 Å². The fraction of sp³-hybridized carbons (Fsp3) is 0.794. The average Bonchev–Trinajstić information content (AvgIpc) is 3.00. The highest BCUT2D eigenvalue weighted by Gasteiger charge is 2.35. The molecule has 0 radical (unpaired) electrons. The van der Waals surface area contributed by atoms with Gasteiger partial charge in [-0.05, 0) is 73.8 Å². The summed E-state index contributed by atoms with van der Waals surface area (Å²) in [6.45, 7) is 14.8. The number of aliphatic hydroxyl groups excluding tert-OH is 1. The summed E-state index contributed by atoms with van der Waals surface area (Å²) in [5.74, 6) is 0.829. The summed E-state index contributed by atoms with van der Waals surface area (Å²) in [5.41, 5.74) is 7.20. The molecule has 0 unspecified atom stereocenters. The van der Waals surface area contributed by atoms with E-state index in [9.17, 15) is 14.7 Å². The summed E-state index contributed by atoms with van der Waals surface area (Å²) in [6.07, 6.45) is 6.27. The van der Waals surface area contributed by atoms with Crippen LogP contribution in [0.1, 0.15) is 85.6 Å². The molecule has 10 heteroatoms. The maximum absolute atomic E-state index is 13.6. The highest BCUT2D eigenvalue weighted by atomic mass is 16.5. The lowest BCUT2D eigenvalue weighted by Crippen LogP contribution is -2.53. The first-order valence-corrected chi connectivity index (χ1v) is 16.6. The van der Waals surface area contributed by atoms with Crippen LogP contribution in [0.3, 0.4) is 0 Å². The normalized spacial score (nSPS) is 17.3. The number of carbonyl (C=O) groups is 2. The van der Waals surface area contributed by atoms with Crippen molar-refractivity contribution in [2.24, 2.45) is 35.3 Å². The van der Waals surface area contributed by atoms with Crippen LogP contribution in [-0.2, 0) is 20.7 Å². The van der Waals surface area contributed by atoms with Crippen LogP contribution in [0.4, 0.5) is 0 Å². The fourth-order valence-electron chi connectivity index (χ4n) is 5.77. The van der Waals surface area contributed by atoms with Gasteiger partial charge in [-0.2, -0.15) is 0 Å². The monoisotopic (exact) mass is 620 g/mol. The van der Waals surface area contributed by atoms with Gasteiger partial charge in [0.15, 0.2) is 5.75 Å². The van der Waals surface area contributed by atoms with Crippen molar-refractivity contribution in [2.75, 3.05) is 40.5 Å². The van der Waals surface area contributed by atoms with E-state index in [1.165, 1.54) is 0 Å². The van der Waals surface area contributed by atoms with Gasteiger partial charge in [0.2, 0.25) is 11.8 Å². The molecule has 1 aliphatic rings. The van der Waals surface area contributed by atoms with Gasteiger partial charge >= 0.3 is 0 Å². The minimum absolute atomic E-state index is 0.0505. The quantitative estimate of drug-likeness (QED) is 0.196. The summed E-state index contributed by atoms with van der Waals surface area (Å²) in [4.78, 5) is 33.2. The van der Waals surface area contributed by atoms with Gasteiger partial charge in [-0.3, -0.25) is 9.59 Å². The Morgan fingerprint density at radius 1 is 1.00 bits per heavy atom. The largest absolute Gasteiger partial charge is 0.488 e. The topological polar surface area (TPSA) is 136 Å². The lowest BCUT2D eigenvalue weighted by atomic mass is 9.80. The van der Waals surface area contributed by atoms with Crippen LogP contribution in [0, 0.1) is 29.6 Å². The Morgan fingerprint density at radius 3 is 2.25 bits per heavy atom. The van der Waals surface area contributed by atoms with Gasteiger partial charge in [0.05, 0.1) is 31.9 Å². The van der Waals surface area contributed by atoms with Crippen LogP contribution in [-0.4, -0.2) is 85.5 Å². The van der Waals surface area contributed by atoms with E-state index in [1.54, 1.807) is 20.4 Å². The summed E-state index contributed by atoms with van der Waals surface area (Å²) < 4.78 is 16.5. The molecule has 1 fully saturated rings. The molecular weight excluding hydrogens is 560 g/mol. The number of carbonyl (C=O) groups excluding carboxylic acids is 2. The molecule has 5 atom stereocenters. The van der Waals surface area contributed by atoms with Gasteiger partial charge in [0.1, 0.15) is 0 Å². The molecule has 0 saturated carbocycles. The van der Waals surface area contributed by atoms with Crippen LogP contribution in [0.2, 0.25) is 0 Å². The minimum Gasteiger partial charge on any atom is -0.488 e. The maximum Gasteiger partial charge on any atom is 0.256 e. The predicted octanol–water partition coefficient (Wildman–Crippen LogP) is 4.21. The van der Waals surface area contributed by atoms with Crippen LogP contribution in [0.15, 0.2) is 12.3 Å². The van der Waals surface area contributed by atoms with E-state index in [-0.39, 0.29) is 47.8 Å². The standard InChI is InChI=1S/C34H60N4O6/c1-22(2)26(17-25-18-30(33(43-8)36-21-25)44-16-12-15-42-7)19-28(37-32(40)31(35)24(5)6)29(39)20-27(23(3)4)34(41)38-13-10-9-11-14-38/h18,21-24,26-29,31,39H,9-17,19-20,35H2,1-8H3,(H,37,40)/t26-,27-,28-,29-,31-/m0/s1. The Balaban J connectivity index is 2.29. The Hall–Kier alpha value is -2.43. The third-order valence-electron chi connectivity index (χ3n) is 8.91. The van der Waals surface area contributed by atoms with Gasteiger partial charge in [0.25, 0.3) is 5.88 Å². The number of hydrogen-bond donors (Lipinski definition) is 3. The first-order chi connectivity index (χ1) is 20.9. The Bertz CT molecular complexity index is 998. The number of hydrogen-bond acceptors (Lipinski definition) is 8. The molecule has 1 aromatic heterocycles. The number of nitrogens with one attached hydrogen (secondary N) is 1. The van der Waals surface area contributed by atoms with Gasteiger partial charge in [-0.1, -0.05) is 41.5 Å². The molecule has 1 aromatic rings. The molecule has 1 aliphatic heterocycles. The number of ether oxygens (including phenoxy) is 3. The van der Waals surface area contributed by atoms with E-state index < -0.39 is 18.2 Å². The molecule has 2 rings (SSSR count).